The zero-order chi connectivity index (χ0) is 95.2. The lowest BCUT2D eigenvalue weighted by Gasteiger charge is -2.33. The van der Waals surface area contributed by atoms with Crippen LogP contribution in [0, 0.1) is 16.2 Å². The van der Waals surface area contributed by atoms with Crippen molar-refractivity contribution >= 4 is 163 Å². The van der Waals surface area contributed by atoms with Gasteiger partial charge in [-0.1, -0.05) is 94.9 Å². The van der Waals surface area contributed by atoms with Crippen LogP contribution < -0.4 is 61.5 Å². The molecule has 11 N–H and O–H groups in total. The van der Waals surface area contributed by atoms with Crippen LogP contribution in [0.5, 0.6) is 23.0 Å². The summed E-state index contributed by atoms with van der Waals surface area (Å²) in [6.07, 6.45) is 1.69. The molecule has 0 spiro atoms. The molecule has 12 aromatic rings. The molecule has 4 aromatic heterocycles. The fourth-order valence-electron chi connectivity index (χ4n) is 12.5. The van der Waals surface area contributed by atoms with Crippen LogP contribution in [0.4, 0.5) is 59.2 Å². The molecule has 3 aliphatic rings. The molecule has 133 heavy (non-hydrogen) atoms. The molecule has 0 unspecified atom stereocenters. The number of carbonyl (C=O) groups excluding carboxylic acids is 8. The van der Waals surface area contributed by atoms with Crippen molar-refractivity contribution in [3.8, 4) is 23.0 Å². The summed E-state index contributed by atoms with van der Waals surface area (Å²) in [6.45, 7) is 5.16. The molecule has 3 saturated heterocycles. The molecule has 3 fully saturated rings. The highest BCUT2D eigenvalue weighted by Crippen LogP contribution is 2.33. The topological polar surface area (TPSA) is 418 Å². The molecule has 32 nitrogen and oxygen atoms in total. The first-order chi connectivity index (χ1) is 63.8. The number of amides is 8. The largest absolute Gasteiger partial charge is 0.573 e. The second kappa shape index (κ2) is 44.4. The number of hydrogen-bond acceptors (Lipinski definition) is 20. The van der Waals surface area contributed by atoms with E-state index in [9.17, 15) is 51.5 Å². The van der Waals surface area contributed by atoms with Crippen LogP contribution in [0.25, 0.3) is 0 Å². The summed E-state index contributed by atoms with van der Waals surface area (Å²) in [7, 11) is 10.0. The quantitative estimate of drug-likeness (QED) is 0.0152. The highest BCUT2D eigenvalue weighted by Gasteiger charge is 2.33. The van der Waals surface area contributed by atoms with E-state index in [1.54, 1.807) is 165 Å². The van der Waals surface area contributed by atoms with Gasteiger partial charge in [-0.3, -0.25) is 59.6 Å². The third-order valence-electron chi connectivity index (χ3n) is 19.8. The van der Waals surface area contributed by atoms with Gasteiger partial charge in [0, 0.05) is 130 Å². The Morgan fingerprint density at radius 2 is 0.579 bits per heavy atom. The average Bonchev–Trinajstić information content (AvgIpc) is 1.83. The lowest BCUT2D eigenvalue weighted by Crippen LogP contribution is -2.42. The normalized spacial score (nSPS) is 12.1. The molecule has 15 rings (SSSR count). The SMILES string of the molecule is CN=C(c1ccc(C(=O)Nc2ccc(OC)cc2C(=O)Nc2ccc(Cl)cn2)cc1)N(C)C.COc1ccc(NC(=O)c2ccc(C(=N)N3CC3)cc2)c(C(=O)Nc2ccc(Cl)cn2)c1.COc1ccc(NC(=O)c2ccc(C(=N)N3CCC3)cc2)c(C(=O)Nc2ccc(Cl)cn2)c1.N=C(c1ccc(C(=O)Nc2ccc(OC(F)(F)F)cc2C(=O)Nc2ccc(Cl)cn2)cc1)N1CC1. The van der Waals surface area contributed by atoms with Crippen molar-refractivity contribution in [3.63, 3.8) is 0 Å². The molecule has 0 aliphatic carbocycles. The number of ether oxygens (including phenoxy) is 4. The molecule has 680 valence electrons. The molecule has 7 heterocycles. The van der Waals surface area contributed by atoms with Gasteiger partial charge in [-0.05, 0) is 176 Å². The molecule has 0 radical (unpaired) electrons. The van der Waals surface area contributed by atoms with Gasteiger partial charge in [-0.15, -0.1) is 13.2 Å². The van der Waals surface area contributed by atoms with Crippen LogP contribution in [0.3, 0.4) is 0 Å². The van der Waals surface area contributed by atoms with E-state index in [0.29, 0.717) is 112 Å². The summed E-state index contributed by atoms with van der Waals surface area (Å²) in [5.41, 5.74) is 5.84. The molecule has 8 aromatic carbocycles. The smallest absolute Gasteiger partial charge is 0.497 e. The van der Waals surface area contributed by atoms with E-state index < -0.39 is 41.6 Å². The minimum atomic E-state index is -4.97. The maximum Gasteiger partial charge on any atom is 0.573 e. The second-order valence-electron chi connectivity index (χ2n) is 29.2. The summed E-state index contributed by atoms with van der Waals surface area (Å²) >= 11 is 23.3. The Bertz CT molecular complexity index is 6360. The first-order valence-corrected chi connectivity index (χ1v) is 41.8. The molecule has 8 amide bonds. The summed E-state index contributed by atoms with van der Waals surface area (Å²) in [4.78, 5) is 131. The number of aromatic nitrogens is 4. The summed E-state index contributed by atoms with van der Waals surface area (Å²) in [5.74, 6) is -0.00812. The van der Waals surface area contributed by atoms with Gasteiger partial charge in [0.2, 0.25) is 0 Å². The number of amidine groups is 4. The van der Waals surface area contributed by atoms with Crippen LogP contribution >= 0.6 is 46.4 Å². The van der Waals surface area contributed by atoms with E-state index in [1.165, 1.54) is 76.4 Å². The molecule has 0 bridgehead atoms. The highest BCUT2D eigenvalue weighted by molar-refractivity contribution is 6.31. The van der Waals surface area contributed by atoms with Crippen molar-refractivity contribution in [2.75, 3.05) is 124 Å². The maximum atomic E-state index is 12.9. The standard InChI is InChI=1S/C24H22ClN5O3.C24H24ClN5O3.C23H17ClF3N5O3.C23H20ClN5O3/c1-33-18-8-9-20(19(13-18)24(32)29-21-10-7-17(25)14-27-21)28-23(31)16-5-3-15(4-6-16)22(26)30-11-2-12-30;1-26-22(30(2)3)15-5-7-16(8-6-15)23(31)28-20-11-10-18(33-4)13-19(20)24(32)29-21-12-9-17(25)14-27-21;24-15-5-8-19(29-12-15)31-22(34)17-11-16(35-23(25,26)27)6-7-18(17)30-21(33)14-3-1-13(2-4-14)20(28)32-9-10-32;1-32-17-7-8-19(18(12-17)23(31)28-20-9-6-16(24)13-26-20)27-22(30)15-4-2-14(3-5-15)21(25)29-10-11-29/h3-10,13-14,26H,2,11-12H2,1H3,(H,28,31)(H,27,29,32);5-14H,1-4H3,(H,28,31)(H,27,29,32);1-8,11-12,28H,9-10H2,(H,30,33)(H,29,31,34);2-9,12-13,25H,10-11H2,1H3,(H,27,30)(H,26,28,31). The lowest BCUT2D eigenvalue weighted by atomic mass is 10.1. The van der Waals surface area contributed by atoms with Gasteiger partial charge in [0.15, 0.2) is 0 Å². The molecular weight excluding hydrogens is 1800 g/mol. The number of halogens is 7. The average molecular weight is 1880 g/mol. The monoisotopic (exact) mass is 1880 g/mol. The Balaban J connectivity index is 0.000000160. The number of pyridine rings is 4. The zero-order valence-corrected chi connectivity index (χ0v) is 74.6. The van der Waals surface area contributed by atoms with E-state index in [1.807, 2.05) is 45.8 Å². The fourth-order valence-corrected chi connectivity index (χ4v) is 12.9. The number of hydrogen-bond donors (Lipinski definition) is 11. The first-order valence-electron chi connectivity index (χ1n) is 40.3. The minimum absolute atomic E-state index is 0.0445. The Hall–Kier alpha value is -15.9. The van der Waals surface area contributed by atoms with Gasteiger partial charge in [0.25, 0.3) is 47.3 Å². The van der Waals surface area contributed by atoms with E-state index in [4.69, 9.17) is 76.8 Å². The van der Waals surface area contributed by atoms with Crippen molar-refractivity contribution < 1.29 is 70.5 Å². The highest BCUT2D eigenvalue weighted by atomic mass is 35.5. The number of aliphatic imine (C=N–C) groups is 1. The van der Waals surface area contributed by atoms with Crippen molar-refractivity contribution in [2.45, 2.75) is 12.8 Å². The number of methoxy groups -OCH3 is 3. The predicted molar refractivity (Wildman–Crippen MR) is 504 cm³/mol. The van der Waals surface area contributed by atoms with E-state index in [2.05, 4.69) is 72.2 Å². The minimum Gasteiger partial charge on any atom is -0.497 e. The van der Waals surface area contributed by atoms with Crippen molar-refractivity contribution in [3.05, 3.63) is 330 Å². The summed E-state index contributed by atoms with van der Waals surface area (Å²) < 4.78 is 57.7. The van der Waals surface area contributed by atoms with Crippen LogP contribution in [0.1, 0.15) is 112 Å². The van der Waals surface area contributed by atoms with E-state index in [-0.39, 0.29) is 57.0 Å². The summed E-state index contributed by atoms with van der Waals surface area (Å²) in [5, 5.41) is 47.4. The number of benzene rings is 8. The van der Waals surface area contributed by atoms with E-state index >= 15 is 0 Å². The number of carbonyl (C=O) groups is 8. The van der Waals surface area contributed by atoms with Crippen LogP contribution in [-0.4, -0.2) is 198 Å². The number of nitrogens with one attached hydrogen (secondary N) is 11. The third kappa shape index (κ3) is 26.9. The fraction of sp³-hybridized carbons (Fsp3) is 0.149. The molecule has 0 saturated carbocycles. The maximum absolute atomic E-state index is 12.9. The Kier molecular flexibility index (Phi) is 32.2. The van der Waals surface area contributed by atoms with Crippen LogP contribution in [-0.2, 0) is 0 Å². The zero-order valence-electron chi connectivity index (χ0n) is 71.6. The van der Waals surface area contributed by atoms with Gasteiger partial charge in [-0.25, -0.2) is 19.9 Å². The lowest BCUT2D eigenvalue weighted by molar-refractivity contribution is -0.274. The Morgan fingerprint density at radius 1 is 0.338 bits per heavy atom. The number of nitrogens with zero attached hydrogens (tertiary/aromatic N) is 9. The Labute approximate surface area is 779 Å². The second-order valence-corrected chi connectivity index (χ2v) is 30.9. The van der Waals surface area contributed by atoms with Crippen molar-refractivity contribution in [1.29, 1.82) is 16.2 Å². The Morgan fingerprint density at radius 3 is 0.789 bits per heavy atom. The number of alkyl halides is 3. The van der Waals surface area contributed by atoms with Crippen molar-refractivity contribution in [2.24, 2.45) is 4.99 Å². The number of rotatable bonds is 24. The van der Waals surface area contributed by atoms with E-state index in [0.717, 1.165) is 86.4 Å². The van der Waals surface area contributed by atoms with Crippen molar-refractivity contribution in [1.82, 2.24) is 39.5 Å². The van der Waals surface area contributed by atoms with Gasteiger partial charge in [-0.2, -0.15) is 0 Å². The van der Waals surface area contributed by atoms with Gasteiger partial charge in [0.05, 0.1) is 86.4 Å². The predicted octanol–water partition coefficient (Wildman–Crippen LogP) is 17.1. The van der Waals surface area contributed by atoms with Gasteiger partial charge >= 0.3 is 6.36 Å². The van der Waals surface area contributed by atoms with Crippen LogP contribution in [0.2, 0.25) is 20.1 Å². The molecular formula is C94H83Cl4F3N20O12. The number of likely N-dealkylation sites (tertiary alicyclic amines) is 1. The molecule has 3 aliphatic heterocycles. The third-order valence-corrected chi connectivity index (χ3v) is 20.6. The molecule has 39 heteroatoms. The van der Waals surface area contributed by atoms with Gasteiger partial charge < -0.3 is 81.1 Å². The first kappa shape index (κ1) is 96.2. The molecule has 0 atom stereocenters. The summed E-state index contributed by atoms with van der Waals surface area (Å²) in [6, 6.07) is 56.8. The van der Waals surface area contributed by atoms with Crippen LogP contribution in [0.15, 0.2) is 248 Å². The number of anilines is 8. The van der Waals surface area contributed by atoms with Gasteiger partial charge in [0.1, 0.15) is 69.6 Å².